The van der Waals surface area contributed by atoms with Gasteiger partial charge in [0.15, 0.2) is 0 Å². The quantitative estimate of drug-likeness (QED) is 0.101. The maximum absolute atomic E-state index is 2.50. The molecule has 0 fully saturated rings. The van der Waals surface area contributed by atoms with E-state index in [9.17, 15) is 0 Å². The number of hydrogen-bond acceptors (Lipinski definition) is 0. The Bertz CT molecular complexity index is 320. The second-order valence-electron chi connectivity index (χ2n) is 10.5. The summed E-state index contributed by atoms with van der Waals surface area (Å²) in [5.74, 6) is 0. The first kappa shape index (κ1) is 33.4. The van der Waals surface area contributed by atoms with E-state index in [1.807, 2.05) is 0 Å². The molecule has 0 aliphatic carbocycles. The maximum Gasteiger partial charge on any atom is 0.0784 e. The van der Waals surface area contributed by atoms with Gasteiger partial charge in [0.05, 0.1) is 26.7 Å². The van der Waals surface area contributed by atoms with Crippen LogP contribution >= 0.6 is 0 Å². The zero-order valence-electron chi connectivity index (χ0n) is 22.5. The van der Waals surface area contributed by atoms with Crippen LogP contribution in [0.2, 0.25) is 0 Å². The van der Waals surface area contributed by atoms with Gasteiger partial charge in [-0.2, -0.15) is 0 Å². The van der Waals surface area contributed by atoms with E-state index < -0.39 is 0 Å². The van der Waals surface area contributed by atoms with Crippen molar-refractivity contribution in [2.45, 2.75) is 162 Å². The molecule has 1 unspecified atom stereocenters. The molecule has 0 aliphatic heterocycles. The van der Waals surface area contributed by atoms with Crippen LogP contribution in [0.1, 0.15) is 162 Å². The van der Waals surface area contributed by atoms with Crippen molar-refractivity contribution in [3.63, 3.8) is 0 Å². The molecule has 0 amide bonds. The van der Waals surface area contributed by atoms with Crippen molar-refractivity contribution >= 4 is 0 Å². The Morgan fingerprint density at radius 2 is 0.581 bits per heavy atom. The normalized spacial score (nSPS) is 13.2. The standard InChI is InChI=1S/C29H62N.ClH/c1-5-8-10-12-14-16-17-18-19-20-21-23-25-27-29-30(4,7-3)28-26-24-22-15-13-11-9-6-2;/h5-29H2,1-4H3;1H/q+1;/p-1. The Hall–Kier alpha value is 0.250. The van der Waals surface area contributed by atoms with Crippen molar-refractivity contribution in [2.24, 2.45) is 0 Å². The Labute approximate surface area is 205 Å². The Morgan fingerprint density at radius 3 is 0.806 bits per heavy atom. The average Bonchev–Trinajstić information content (AvgIpc) is 2.76. The SMILES string of the molecule is CCCCCCCCCCCCCCCC[N+](C)(CC)CCCCCCCCCC.[Cl-]. The molecule has 0 aromatic carbocycles. The van der Waals surface area contributed by atoms with Gasteiger partial charge in [-0.05, 0) is 32.6 Å². The minimum atomic E-state index is 0. The third-order valence-corrected chi connectivity index (χ3v) is 7.37. The topological polar surface area (TPSA) is 0 Å². The first-order chi connectivity index (χ1) is 14.7. The summed E-state index contributed by atoms with van der Waals surface area (Å²) in [5.41, 5.74) is 0. The number of halogens is 1. The van der Waals surface area contributed by atoms with Crippen LogP contribution < -0.4 is 12.4 Å². The van der Waals surface area contributed by atoms with Gasteiger partial charge in [-0.3, -0.25) is 0 Å². The predicted octanol–water partition coefficient (Wildman–Crippen LogP) is 7.08. The van der Waals surface area contributed by atoms with Crippen LogP contribution in [0, 0.1) is 0 Å². The van der Waals surface area contributed by atoms with E-state index in [0.29, 0.717) is 0 Å². The molecule has 0 radical (unpaired) electrons. The lowest BCUT2D eigenvalue weighted by molar-refractivity contribution is -0.908. The largest absolute Gasteiger partial charge is 1.00 e. The summed E-state index contributed by atoms with van der Waals surface area (Å²) in [6, 6.07) is 0. The minimum Gasteiger partial charge on any atom is -1.00 e. The highest BCUT2D eigenvalue weighted by Crippen LogP contribution is 2.15. The lowest BCUT2D eigenvalue weighted by atomic mass is 10.0. The predicted molar refractivity (Wildman–Crippen MR) is 139 cm³/mol. The highest BCUT2D eigenvalue weighted by atomic mass is 35.5. The lowest BCUT2D eigenvalue weighted by Crippen LogP contribution is -3.00. The van der Waals surface area contributed by atoms with Gasteiger partial charge in [-0.15, -0.1) is 0 Å². The molecule has 1 atom stereocenters. The van der Waals surface area contributed by atoms with E-state index in [2.05, 4.69) is 27.8 Å². The zero-order chi connectivity index (χ0) is 22.2. The van der Waals surface area contributed by atoms with Crippen molar-refractivity contribution in [3.8, 4) is 0 Å². The van der Waals surface area contributed by atoms with Gasteiger partial charge < -0.3 is 16.9 Å². The van der Waals surface area contributed by atoms with Gasteiger partial charge in [0.1, 0.15) is 0 Å². The third-order valence-electron chi connectivity index (χ3n) is 7.37. The summed E-state index contributed by atoms with van der Waals surface area (Å²) in [5, 5.41) is 0. The van der Waals surface area contributed by atoms with Crippen LogP contribution in [0.4, 0.5) is 0 Å². The van der Waals surface area contributed by atoms with Gasteiger partial charge >= 0.3 is 0 Å². The Balaban J connectivity index is 0. The molecule has 0 aliphatic rings. The number of nitrogens with zero attached hydrogens (tertiary/aromatic N) is 1. The fourth-order valence-corrected chi connectivity index (χ4v) is 4.74. The Kier molecular flexibility index (Phi) is 28.6. The first-order valence-corrected chi connectivity index (χ1v) is 14.5. The Morgan fingerprint density at radius 1 is 0.355 bits per heavy atom. The molecule has 0 rings (SSSR count). The fraction of sp³-hybridized carbons (Fsp3) is 1.00. The van der Waals surface area contributed by atoms with Crippen LogP contribution in [-0.4, -0.2) is 31.2 Å². The molecular formula is C29H62ClN. The van der Waals surface area contributed by atoms with Crippen molar-refractivity contribution < 1.29 is 16.9 Å². The molecule has 0 bridgehead atoms. The van der Waals surface area contributed by atoms with E-state index in [0.717, 1.165) is 0 Å². The van der Waals surface area contributed by atoms with Crippen molar-refractivity contribution in [3.05, 3.63) is 0 Å². The summed E-state index contributed by atoms with van der Waals surface area (Å²) in [7, 11) is 2.50. The summed E-state index contributed by atoms with van der Waals surface area (Å²) < 4.78 is 1.31. The van der Waals surface area contributed by atoms with Crippen molar-refractivity contribution in [1.82, 2.24) is 0 Å². The van der Waals surface area contributed by atoms with Gasteiger partial charge in [0.2, 0.25) is 0 Å². The number of quaternary nitrogens is 1. The van der Waals surface area contributed by atoms with Gasteiger partial charge in [0, 0.05) is 0 Å². The molecule has 2 heteroatoms. The molecule has 0 saturated heterocycles. The molecule has 0 aromatic heterocycles. The van der Waals surface area contributed by atoms with E-state index in [4.69, 9.17) is 0 Å². The molecular weight excluding hydrogens is 398 g/mol. The van der Waals surface area contributed by atoms with Crippen LogP contribution in [-0.2, 0) is 0 Å². The minimum absolute atomic E-state index is 0. The molecule has 0 aromatic rings. The lowest BCUT2D eigenvalue weighted by Gasteiger charge is -2.33. The van der Waals surface area contributed by atoms with Crippen molar-refractivity contribution in [1.29, 1.82) is 0 Å². The second-order valence-corrected chi connectivity index (χ2v) is 10.5. The van der Waals surface area contributed by atoms with Crippen LogP contribution in [0.25, 0.3) is 0 Å². The smallest absolute Gasteiger partial charge is 0.0784 e. The summed E-state index contributed by atoms with van der Waals surface area (Å²) in [6.07, 6.45) is 32.0. The number of unbranched alkanes of at least 4 members (excludes halogenated alkanes) is 20. The van der Waals surface area contributed by atoms with Crippen molar-refractivity contribution in [2.75, 3.05) is 26.7 Å². The van der Waals surface area contributed by atoms with Gasteiger partial charge in [0.25, 0.3) is 0 Å². The highest BCUT2D eigenvalue weighted by Gasteiger charge is 2.17. The number of hydrogen-bond donors (Lipinski definition) is 0. The highest BCUT2D eigenvalue weighted by molar-refractivity contribution is 4.51. The summed E-state index contributed by atoms with van der Waals surface area (Å²) in [6.45, 7) is 11.1. The number of rotatable bonds is 25. The fourth-order valence-electron chi connectivity index (χ4n) is 4.74. The van der Waals surface area contributed by atoms with Crippen LogP contribution in [0.5, 0.6) is 0 Å². The summed E-state index contributed by atoms with van der Waals surface area (Å²) in [4.78, 5) is 0. The van der Waals surface area contributed by atoms with Crippen LogP contribution in [0.3, 0.4) is 0 Å². The van der Waals surface area contributed by atoms with E-state index in [1.165, 1.54) is 165 Å². The maximum atomic E-state index is 2.50. The molecule has 0 heterocycles. The van der Waals surface area contributed by atoms with Crippen LogP contribution in [0.15, 0.2) is 0 Å². The summed E-state index contributed by atoms with van der Waals surface area (Å²) >= 11 is 0. The first-order valence-electron chi connectivity index (χ1n) is 14.5. The second kappa shape index (κ2) is 26.5. The van der Waals surface area contributed by atoms with Gasteiger partial charge in [-0.25, -0.2) is 0 Å². The zero-order valence-corrected chi connectivity index (χ0v) is 23.3. The molecule has 0 N–H and O–H groups in total. The molecule has 1 nitrogen and oxygen atoms in total. The molecule has 0 saturated carbocycles. The molecule has 0 spiro atoms. The molecule has 31 heavy (non-hydrogen) atoms. The van der Waals surface area contributed by atoms with E-state index in [1.54, 1.807) is 0 Å². The third kappa shape index (κ3) is 24.7. The molecule has 190 valence electrons. The average molecular weight is 460 g/mol. The van der Waals surface area contributed by atoms with E-state index >= 15 is 0 Å². The monoisotopic (exact) mass is 459 g/mol. The van der Waals surface area contributed by atoms with Gasteiger partial charge in [-0.1, -0.05) is 129 Å². The van der Waals surface area contributed by atoms with E-state index in [-0.39, 0.29) is 12.4 Å².